The minimum absolute atomic E-state index is 0.131. The molecule has 132 valence electrons. The summed E-state index contributed by atoms with van der Waals surface area (Å²) < 4.78 is 1.79. The van der Waals surface area contributed by atoms with Crippen LogP contribution in [0.5, 0.6) is 0 Å². The third-order valence-corrected chi connectivity index (χ3v) is 4.40. The first kappa shape index (κ1) is 18.2. The number of para-hydroxylation sites is 1. The molecule has 26 heavy (non-hydrogen) atoms. The summed E-state index contributed by atoms with van der Waals surface area (Å²) in [7, 11) is 1.74. The van der Waals surface area contributed by atoms with Gasteiger partial charge in [0.2, 0.25) is 5.91 Å². The van der Waals surface area contributed by atoms with E-state index < -0.39 is 0 Å². The van der Waals surface area contributed by atoms with Crippen LogP contribution in [0.2, 0.25) is 10.0 Å². The molecule has 0 atom stereocenters. The first-order chi connectivity index (χ1) is 12.5. The van der Waals surface area contributed by atoms with Crippen LogP contribution in [0, 0.1) is 0 Å². The number of aromatic nitrogens is 2. The Morgan fingerprint density at radius 2 is 1.96 bits per heavy atom. The van der Waals surface area contributed by atoms with E-state index in [-0.39, 0.29) is 5.91 Å². The van der Waals surface area contributed by atoms with E-state index in [0.29, 0.717) is 22.2 Å². The number of halogens is 2. The summed E-state index contributed by atoms with van der Waals surface area (Å²) in [6, 6.07) is 15.0. The number of rotatable bonds is 5. The van der Waals surface area contributed by atoms with Crippen LogP contribution in [0.4, 0.5) is 0 Å². The number of carbonyl (C=O) groups is 1. The molecule has 1 aromatic heterocycles. The molecule has 0 aliphatic rings. The maximum atomic E-state index is 12.3. The third kappa shape index (κ3) is 4.54. The molecule has 0 N–H and O–H groups in total. The minimum Gasteiger partial charge on any atom is -0.338 e. The minimum atomic E-state index is -0.131. The smallest absolute Gasteiger partial charge is 0.246 e. The van der Waals surface area contributed by atoms with Crippen LogP contribution in [0.15, 0.2) is 67.0 Å². The van der Waals surface area contributed by atoms with E-state index in [1.54, 1.807) is 47.1 Å². The molecule has 0 aliphatic carbocycles. The first-order valence-electron chi connectivity index (χ1n) is 8.00. The number of hydrogen-bond donors (Lipinski definition) is 0. The zero-order valence-corrected chi connectivity index (χ0v) is 15.7. The molecule has 6 heteroatoms. The molecule has 0 aliphatic heterocycles. The fourth-order valence-corrected chi connectivity index (χ4v) is 2.81. The monoisotopic (exact) mass is 385 g/mol. The fourth-order valence-electron chi connectivity index (χ4n) is 2.45. The highest BCUT2D eigenvalue weighted by atomic mass is 35.5. The van der Waals surface area contributed by atoms with Crippen LogP contribution in [0.1, 0.15) is 11.1 Å². The van der Waals surface area contributed by atoms with Crippen LogP contribution in [-0.2, 0) is 11.3 Å². The first-order valence-corrected chi connectivity index (χ1v) is 8.76. The van der Waals surface area contributed by atoms with Crippen molar-refractivity contribution in [1.82, 2.24) is 14.7 Å². The van der Waals surface area contributed by atoms with Crippen molar-refractivity contribution in [3.8, 4) is 5.69 Å². The van der Waals surface area contributed by atoms with Crippen molar-refractivity contribution in [2.45, 2.75) is 6.54 Å². The summed E-state index contributed by atoms with van der Waals surface area (Å²) in [5, 5.41) is 5.46. The second kappa shape index (κ2) is 8.21. The van der Waals surface area contributed by atoms with Gasteiger partial charge < -0.3 is 4.90 Å². The number of carbonyl (C=O) groups excluding carboxylic acids is 1. The Bertz CT molecular complexity index is 935. The Hall–Kier alpha value is -2.56. The molecule has 0 spiro atoms. The van der Waals surface area contributed by atoms with Gasteiger partial charge in [-0.15, -0.1) is 0 Å². The number of benzene rings is 2. The highest BCUT2D eigenvalue weighted by Crippen LogP contribution is 2.21. The predicted molar refractivity (Wildman–Crippen MR) is 106 cm³/mol. The van der Waals surface area contributed by atoms with Crippen molar-refractivity contribution in [3.63, 3.8) is 0 Å². The summed E-state index contributed by atoms with van der Waals surface area (Å²) >= 11 is 12.1. The van der Waals surface area contributed by atoms with E-state index in [9.17, 15) is 4.79 Å². The van der Waals surface area contributed by atoms with Crippen molar-refractivity contribution in [3.05, 3.63) is 88.2 Å². The van der Waals surface area contributed by atoms with E-state index in [1.807, 2.05) is 36.5 Å². The molecule has 4 nitrogen and oxygen atoms in total. The molecule has 0 fully saturated rings. The Labute approximate surface area is 162 Å². The molecular weight excluding hydrogens is 369 g/mol. The molecule has 2 aromatic carbocycles. The molecule has 1 heterocycles. The van der Waals surface area contributed by atoms with E-state index >= 15 is 0 Å². The highest BCUT2D eigenvalue weighted by molar-refractivity contribution is 6.34. The van der Waals surface area contributed by atoms with Gasteiger partial charge in [0.1, 0.15) is 0 Å². The molecule has 3 rings (SSSR count). The van der Waals surface area contributed by atoms with Crippen LogP contribution < -0.4 is 0 Å². The van der Waals surface area contributed by atoms with Crippen molar-refractivity contribution >= 4 is 35.2 Å². The molecule has 0 radical (unpaired) electrons. The average molecular weight is 386 g/mol. The number of amides is 1. The number of nitrogens with zero attached hydrogens (tertiary/aromatic N) is 3. The molecule has 0 unspecified atom stereocenters. The summed E-state index contributed by atoms with van der Waals surface area (Å²) in [5.41, 5.74) is 2.62. The summed E-state index contributed by atoms with van der Waals surface area (Å²) in [6.45, 7) is 0.458. The lowest BCUT2D eigenvalue weighted by Crippen LogP contribution is -2.23. The summed E-state index contributed by atoms with van der Waals surface area (Å²) in [5.74, 6) is -0.131. The standard InChI is InChI=1S/C20H17Cl2N3O/c1-24(20(26)10-7-16-11-17(21)8-9-19(16)22)13-15-12-23-25(14-15)18-5-3-2-4-6-18/h2-12,14H,13H2,1H3/b10-7+. The van der Waals surface area contributed by atoms with Gasteiger partial charge in [0.15, 0.2) is 0 Å². The van der Waals surface area contributed by atoms with Gasteiger partial charge in [0.25, 0.3) is 0 Å². The van der Waals surface area contributed by atoms with Gasteiger partial charge in [-0.1, -0.05) is 41.4 Å². The predicted octanol–water partition coefficient (Wildman–Crippen LogP) is 4.85. The summed E-state index contributed by atoms with van der Waals surface area (Å²) in [4.78, 5) is 13.9. The van der Waals surface area contributed by atoms with E-state index in [0.717, 1.165) is 11.3 Å². The van der Waals surface area contributed by atoms with Crippen molar-refractivity contribution in [2.24, 2.45) is 0 Å². The largest absolute Gasteiger partial charge is 0.338 e. The molecule has 0 saturated heterocycles. The molecule has 0 bridgehead atoms. The topological polar surface area (TPSA) is 38.1 Å². The third-order valence-electron chi connectivity index (χ3n) is 3.82. The van der Waals surface area contributed by atoms with Gasteiger partial charge in [-0.3, -0.25) is 4.79 Å². The average Bonchev–Trinajstić information content (AvgIpc) is 3.11. The zero-order chi connectivity index (χ0) is 18.5. The van der Waals surface area contributed by atoms with Gasteiger partial charge in [0.05, 0.1) is 11.9 Å². The van der Waals surface area contributed by atoms with E-state index in [1.165, 1.54) is 6.08 Å². The lowest BCUT2D eigenvalue weighted by Gasteiger charge is -2.13. The molecule has 0 saturated carbocycles. The maximum absolute atomic E-state index is 12.3. The van der Waals surface area contributed by atoms with Gasteiger partial charge in [-0.05, 0) is 42.0 Å². The highest BCUT2D eigenvalue weighted by Gasteiger charge is 2.09. The van der Waals surface area contributed by atoms with E-state index in [2.05, 4.69) is 5.10 Å². The second-order valence-electron chi connectivity index (χ2n) is 5.82. The number of likely N-dealkylation sites (N-methyl/N-ethyl adjacent to an activating group) is 1. The van der Waals surface area contributed by atoms with Crippen LogP contribution >= 0.6 is 23.2 Å². The van der Waals surface area contributed by atoms with Crippen molar-refractivity contribution in [2.75, 3.05) is 7.05 Å². The van der Waals surface area contributed by atoms with Gasteiger partial charge >= 0.3 is 0 Å². The lowest BCUT2D eigenvalue weighted by molar-refractivity contribution is -0.125. The van der Waals surface area contributed by atoms with Gasteiger partial charge in [0, 0.05) is 41.5 Å². The lowest BCUT2D eigenvalue weighted by atomic mass is 10.2. The zero-order valence-electron chi connectivity index (χ0n) is 14.1. The Morgan fingerprint density at radius 3 is 2.73 bits per heavy atom. The van der Waals surface area contributed by atoms with Crippen LogP contribution in [0.3, 0.4) is 0 Å². The van der Waals surface area contributed by atoms with Gasteiger partial charge in [-0.2, -0.15) is 5.10 Å². The van der Waals surface area contributed by atoms with Gasteiger partial charge in [-0.25, -0.2) is 4.68 Å². The SMILES string of the molecule is CN(Cc1cnn(-c2ccccc2)c1)C(=O)/C=C/c1cc(Cl)ccc1Cl. The maximum Gasteiger partial charge on any atom is 0.246 e. The quantitative estimate of drug-likeness (QED) is 0.588. The number of hydrogen-bond acceptors (Lipinski definition) is 2. The van der Waals surface area contributed by atoms with Crippen molar-refractivity contribution < 1.29 is 4.79 Å². The normalized spacial score (nSPS) is 11.0. The van der Waals surface area contributed by atoms with Crippen molar-refractivity contribution in [1.29, 1.82) is 0 Å². The van der Waals surface area contributed by atoms with Crippen LogP contribution in [-0.4, -0.2) is 27.6 Å². The molecular formula is C20H17Cl2N3O. The fraction of sp³-hybridized carbons (Fsp3) is 0.100. The Kier molecular flexibility index (Phi) is 5.76. The Balaban J connectivity index is 1.65. The molecule has 3 aromatic rings. The summed E-state index contributed by atoms with van der Waals surface area (Å²) in [6.07, 6.45) is 6.82. The van der Waals surface area contributed by atoms with Crippen LogP contribution in [0.25, 0.3) is 11.8 Å². The Morgan fingerprint density at radius 1 is 1.19 bits per heavy atom. The molecule has 1 amide bonds. The van der Waals surface area contributed by atoms with E-state index in [4.69, 9.17) is 23.2 Å². The second-order valence-corrected chi connectivity index (χ2v) is 6.67.